The second kappa shape index (κ2) is 9.74. The van der Waals surface area contributed by atoms with Crippen LogP contribution in [-0.2, 0) is 22.6 Å². The van der Waals surface area contributed by atoms with Gasteiger partial charge in [-0.25, -0.2) is 0 Å². The molecule has 1 N–H and O–H groups in total. The fourth-order valence-electron chi connectivity index (χ4n) is 4.14. The molecule has 168 valence electrons. The van der Waals surface area contributed by atoms with Gasteiger partial charge in [-0.1, -0.05) is 61.5 Å². The molecular formula is C28H27NO4. The van der Waals surface area contributed by atoms with Crippen molar-refractivity contribution in [2.24, 2.45) is 0 Å². The Morgan fingerprint density at radius 2 is 1.55 bits per heavy atom. The average Bonchev–Trinajstić information content (AvgIpc) is 3.10. The molecule has 1 fully saturated rings. The van der Waals surface area contributed by atoms with Crippen LogP contribution in [0.3, 0.4) is 0 Å². The Bertz CT molecular complexity index is 1160. The van der Waals surface area contributed by atoms with Crippen LogP contribution in [0.5, 0.6) is 5.75 Å². The van der Waals surface area contributed by atoms with Gasteiger partial charge in [-0.05, 0) is 54.3 Å². The van der Waals surface area contributed by atoms with Gasteiger partial charge in [0, 0.05) is 12.1 Å². The normalized spacial score (nSPS) is 17.4. The molecule has 5 nitrogen and oxygen atoms in total. The maximum absolute atomic E-state index is 13.2. The number of Topliss-reactive ketones (excluding diaryl/α,β-unsaturated/α-hetero) is 1. The molecule has 0 bridgehead atoms. The Hall–Kier alpha value is -3.86. The van der Waals surface area contributed by atoms with E-state index in [0.717, 1.165) is 23.1 Å². The topological polar surface area (TPSA) is 66.8 Å². The average molecular weight is 442 g/mol. The van der Waals surface area contributed by atoms with Crippen molar-refractivity contribution in [3.63, 3.8) is 0 Å². The van der Waals surface area contributed by atoms with Gasteiger partial charge in [-0.15, -0.1) is 0 Å². The van der Waals surface area contributed by atoms with Crippen LogP contribution in [-0.4, -0.2) is 28.3 Å². The number of nitrogens with zero attached hydrogens (tertiary/aromatic N) is 1. The van der Waals surface area contributed by atoms with E-state index in [1.807, 2.05) is 61.5 Å². The summed E-state index contributed by atoms with van der Waals surface area (Å²) in [4.78, 5) is 27.8. The Morgan fingerprint density at radius 3 is 2.15 bits per heavy atom. The number of aliphatic hydroxyl groups excluding tert-OH is 1. The molecule has 0 aliphatic carbocycles. The molecule has 1 amide bonds. The minimum absolute atomic E-state index is 0.101. The van der Waals surface area contributed by atoms with E-state index in [2.05, 4.69) is 6.92 Å². The van der Waals surface area contributed by atoms with Crippen molar-refractivity contribution in [2.75, 3.05) is 6.61 Å². The zero-order valence-corrected chi connectivity index (χ0v) is 18.8. The zero-order chi connectivity index (χ0) is 23.4. The zero-order valence-electron chi connectivity index (χ0n) is 18.8. The number of amides is 1. The standard InChI is InChI=1S/C28H27NO4/c1-3-19-10-12-21(13-11-19)25-24(26(30)22-14-16-23(17-15-22)33-4-2)27(31)28(32)29(25)18-20-8-6-5-7-9-20/h5-17,25,30H,3-4,18H2,1-2H3/b26-24+. The molecule has 3 aromatic rings. The van der Waals surface area contributed by atoms with Gasteiger partial charge in [0.2, 0.25) is 0 Å². The van der Waals surface area contributed by atoms with Gasteiger partial charge in [0.25, 0.3) is 11.7 Å². The quantitative estimate of drug-likeness (QED) is 0.308. The molecule has 3 aromatic carbocycles. The highest BCUT2D eigenvalue weighted by atomic mass is 16.5. The van der Waals surface area contributed by atoms with Gasteiger partial charge in [0.15, 0.2) is 0 Å². The summed E-state index contributed by atoms with van der Waals surface area (Å²) in [5, 5.41) is 11.2. The van der Waals surface area contributed by atoms with Gasteiger partial charge >= 0.3 is 0 Å². The molecule has 1 aliphatic heterocycles. The van der Waals surface area contributed by atoms with Crippen LogP contribution >= 0.6 is 0 Å². The highest BCUT2D eigenvalue weighted by Crippen LogP contribution is 2.40. The van der Waals surface area contributed by atoms with E-state index in [0.29, 0.717) is 17.9 Å². The number of rotatable bonds is 7. The number of hydrogen-bond acceptors (Lipinski definition) is 4. The van der Waals surface area contributed by atoms with E-state index in [1.165, 1.54) is 0 Å². The number of likely N-dealkylation sites (tertiary alicyclic amines) is 1. The van der Waals surface area contributed by atoms with Crippen molar-refractivity contribution in [2.45, 2.75) is 32.9 Å². The van der Waals surface area contributed by atoms with Crippen molar-refractivity contribution >= 4 is 17.4 Å². The smallest absolute Gasteiger partial charge is 0.295 e. The summed E-state index contributed by atoms with van der Waals surface area (Å²) in [7, 11) is 0. The lowest BCUT2D eigenvalue weighted by Crippen LogP contribution is -2.29. The number of benzene rings is 3. The van der Waals surface area contributed by atoms with Gasteiger partial charge in [0.1, 0.15) is 11.5 Å². The molecule has 1 aliphatic rings. The van der Waals surface area contributed by atoms with Crippen molar-refractivity contribution in [1.29, 1.82) is 0 Å². The first-order valence-corrected chi connectivity index (χ1v) is 11.2. The number of aryl methyl sites for hydroxylation is 1. The van der Waals surface area contributed by atoms with E-state index in [-0.39, 0.29) is 17.9 Å². The molecule has 0 saturated carbocycles. The van der Waals surface area contributed by atoms with Crippen LogP contribution in [0.2, 0.25) is 0 Å². The van der Waals surface area contributed by atoms with Crippen LogP contribution in [0, 0.1) is 0 Å². The molecule has 33 heavy (non-hydrogen) atoms. The summed E-state index contributed by atoms with van der Waals surface area (Å²) in [5.41, 5.74) is 3.42. The van der Waals surface area contributed by atoms with Gasteiger partial charge < -0.3 is 14.7 Å². The van der Waals surface area contributed by atoms with Crippen LogP contribution in [0.15, 0.2) is 84.4 Å². The largest absolute Gasteiger partial charge is 0.507 e. The summed E-state index contributed by atoms with van der Waals surface area (Å²) < 4.78 is 5.47. The third kappa shape index (κ3) is 4.53. The fourth-order valence-corrected chi connectivity index (χ4v) is 4.14. The maximum Gasteiger partial charge on any atom is 0.295 e. The van der Waals surface area contributed by atoms with Crippen molar-refractivity contribution < 1.29 is 19.4 Å². The lowest BCUT2D eigenvalue weighted by Gasteiger charge is -2.25. The van der Waals surface area contributed by atoms with Crippen LogP contribution in [0.4, 0.5) is 0 Å². The highest BCUT2D eigenvalue weighted by molar-refractivity contribution is 6.46. The number of ether oxygens (including phenoxy) is 1. The van der Waals surface area contributed by atoms with Gasteiger partial charge in [-0.3, -0.25) is 9.59 Å². The Labute approximate surface area is 193 Å². The summed E-state index contributed by atoms with van der Waals surface area (Å²) in [5.74, 6) is -0.806. The van der Waals surface area contributed by atoms with Gasteiger partial charge in [-0.2, -0.15) is 0 Å². The first-order valence-electron chi connectivity index (χ1n) is 11.2. The third-order valence-electron chi connectivity index (χ3n) is 5.88. The van der Waals surface area contributed by atoms with Crippen LogP contribution in [0.1, 0.15) is 42.1 Å². The fraction of sp³-hybridized carbons (Fsp3) is 0.214. The minimum Gasteiger partial charge on any atom is -0.507 e. The highest BCUT2D eigenvalue weighted by Gasteiger charge is 2.46. The molecule has 0 aromatic heterocycles. The maximum atomic E-state index is 13.2. The molecule has 4 rings (SSSR count). The predicted molar refractivity (Wildman–Crippen MR) is 128 cm³/mol. The van der Waals surface area contributed by atoms with Crippen molar-refractivity contribution in [3.05, 3.63) is 107 Å². The van der Waals surface area contributed by atoms with E-state index in [1.54, 1.807) is 29.2 Å². The molecule has 0 spiro atoms. The van der Waals surface area contributed by atoms with E-state index in [9.17, 15) is 14.7 Å². The van der Waals surface area contributed by atoms with Gasteiger partial charge in [0.05, 0.1) is 18.2 Å². The number of ketones is 1. The van der Waals surface area contributed by atoms with E-state index in [4.69, 9.17) is 4.74 Å². The summed E-state index contributed by atoms with van der Waals surface area (Å²) >= 11 is 0. The van der Waals surface area contributed by atoms with Crippen LogP contribution < -0.4 is 4.74 Å². The second-order valence-corrected chi connectivity index (χ2v) is 7.97. The number of carbonyl (C=O) groups is 2. The van der Waals surface area contributed by atoms with E-state index >= 15 is 0 Å². The molecular weight excluding hydrogens is 414 g/mol. The first kappa shape index (κ1) is 22.3. The lowest BCUT2D eigenvalue weighted by molar-refractivity contribution is -0.140. The third-order valence-corrected chi connectivity index (χ3v) is 5.88. The Morgan fingerprint density at radius 1 is 0.879 bits per heavy atom. The number of aliphatic hydroxyl groups is 1. The SMILES string of the molecule is CCOc1ccc(/C(O)=C2\C(=O)C(=O)N(Cc3ccccc3)C2c2ccc(CC)cc2)cc1. The molecule has 1 atom stereocenters. The second-order valence-electron chi connectivity index (χ2n) is 7.97. The molecule has 1 heterocycles. The molecule has 0 radical (unpaired) electrons. The van der Waals surface area contributed by atoms with Crippen molar-refractivity contribution in [1.82, 2.24) is 4.90 Å². The first-order chi connectivity index (χ1) is 16.0. The minimum atomic E-state index is -0.679. The number of hydrogen-bond donors (Lipinski definition) is 1. The lowest BCUT2D eigenvalue weighted by atomic mass is 9.94. The monoisotopic (exact) mass is 441 g/mol. The molecule has 5 heteroatoms. The predicted octanol–water partition coefficient (Wildman–Crippen LogP) is 5.27. The summed E-state index contributed by atoms with van der Waals surface area (Å²) in [6.07, 6.45) is 0.886. The number of carbonyl (C=O) groups excluding carboxylic acids is 2. The Balaban J connectivity index is 1.81. The summed E-state index contributed by atoms with van der Waals surface area (Å²) in [6.45, 7) is 4.77. The molecule has 1 saturated heterocycles. The summed E-state index contributed by atoms with van der Waals surface area (Å²) in [6, 6.07) is 23.6. The molecule has 1 unspecified atom stereocenters. The van der Waals surface area contributed by atoms with Crippen LogP contribution in [0.25, 0.3) is 5.76 Å². The van der Waals surface area contributed by atoms with Crippen molar-refractivity contribution in [3.8, 4) is 5.75 Å². The Kier molecular flexibility index (Phi) is 6.59. The van der Waals surface area contributed by atoms with E-state index < -0.39 is 17.7 Å².